The summed E-state index contributed by atoms with van der Waals surface area (Å²) in [5.74, 6) is 3.08. The summed E-state index contributed by atoms with van der Waals surface area (Å²) in [5, 5.41) is 6.51. The van der Waals surface area contributed by atoms with Crippen LogP contribution < -0.4 is 20.1 Å². The van der Waals surface area contributed by atoms with Crippen molar-refractivity contribution in [1.82, 2.24) is 10.2 Å². The first kappa shape index (κ1) is 29.2. The third-order valence-electron chi connectivity index (χ3n) is 9.39. The molecule has 2 aromatic carbocycles. The normalized spacial score (nSPS) is 24.7. The molecule has 2 heterocycles. The van der Waals surface area contributed by atoms with Gasteiger partial charge >= 0.3 is 0 Å². The second-order valence-electron chi connectivity index (χ2n) is 12.1. The standard InChI is InChI=1S/C34H46N4O3/c1-22-18-26-19-31(40-4)32(41-5)20-29(26)34(37-30(22)21-33(39)35-2)25-8-12-28(13-9-25)36-27-10-6-23(7-11-27)24-14-16-38(3)17-15-24/h8-9,12-13,19-24,27,36H,6-7,10-11,14-18H2,1-5H3,(H,35,39). The number of ether oxygens (including phenoxy) is 2. The monoisotopic (exact) mass is 558 g/mol. The van der Waals surface area contributed by atoms with Crippen molar-refractivity contribution in [3.63, 3.8) is 0 Å². The zero-order chi connectivity index (χ0) is 28.9. The molecule has 7 nitrogen and oxygen atoms in total. The average Bonchev–Trinajstić information content (AvgIpc) is 3.13. The summed E-state index contributed by atoms with van der Waals surface area (Å²) >= 11 is 0. The first-order valence-corrected chi connectivity index (χ1v) is 15.2. The minimum absolute atomic E-state index is 0.0623. The van der Waals surface area contributed by atoms with Gasteiger partial charge in [0.15, 0.2) is 11.5 Å². The van der Waals surface area contributed by atoms with Crippen molar-refractivity contribution in [1.29, 1.82) is 0 Å². The van der Waals surface area contributed by atoms with Crippen LogP contribution in [-0.2, 0) is 11.2 Å². The van der Waals surface area contributed by atoms with E-state index in [9.17, 15) is 4.79 Å². The Hall–Kier alpha value is -3.32. The zero-order valence-corrected chi connectivity index (χ0v) is 25.3. The molecule has 2 fully saturated rings. The minimum Gasteiger partial charge on any atom is -0.493 e. The van der Waals surface area contributed by atoms with Crippen LogP contribution in [0.15, 0.2) is 53.2 Å². The fourth-order valence-corrected chi connectivity index (χ4v) is 6.84. The molecule has 220 valence electrons. The molecule has 0 aromatic heterocycles. The number of hydrogen-bond donors (Lipinski definition) is 2. The van der Waals surface area contributed by atoms with E-state index in [4.69, 9.17) is 14.5 Å². The maximum Gasteiger partial charge on any atom is 0.245 e. The number of aliphatic imine (C=N–C) groups is 1. The van der Waals surface area contributed by atoms with Gasteiger partial charge in [0, 0.05) is 47.6 Å². The fourth-order valence-electron chi connectivity index (χ4n) is 6.84. The lowest BCUT2D eigenvalue weighted by Crippen LogP contribution is -2.36. The van der Waals surface area contributed by atoms with E-state index < -0.39 is 0 Å². The number of carbonyl (C=O) groups excluding carboxylic acids is 1. The Morgan fingerprint density at radius 3 is 2.22 bits per heavy atom. The molecule has 3 aliphatic rings. The van der Waals surface area contributed by atoms with Crippen LogP contribution in [0.5, 0.6) is 11.5 Å². The summed E-state index contributed by atoms with van der Waals surface area (Å²) in [6.45, 7) is 4.62. The third-order valence-corrected chi connectivity index (χ3v) is 9.39. The molecular weight excluding hydrogens is 512 g/mol. The molecule has 2 aromatic rings. The van der Waals surface area contributed by atoms with Crippen molar-refractivity contribution >= 4 is 17.3 Å². The van der Waals surface area contributed by atoms with Gasteiger partial charge in [-0.05, 0) is 107 Å². The molecule has 7 heteroatoms. The number of piperidine rings is 1. The lowest BCUT2D eigenvalue weighted by atomic mass is 9.74. The molecule has 1 unspecified atom stereocenters. The average molecular weight is 559 g/mol. The molecule has 1 amide bonds. The Bertz CT molecular complexity index is 1270. The first-order chi connectivity index (χ1) is 19.9. The van der Waals surface area contributed by atoms with Crippen LogP contribution in [0.3, 0.4) is 0 Å². The summed E-state index contributed by atoms with van der Waals surface area (Å²) in [6, 6.07) is 13.2. The largest absolute Gasteiger partial charge is 0.493 e. The SMILES string of the molecule is CNC(=O)C=C1N=C(c2ccc(NC3CCC(C4CCN(C)CC4)CC3)cc2)c2cc(OC)c(OC)cc2CC1C. The highest BCUT2D eigenvalue weighted by molar-refractivity contribution is 6.15. The summed E-state index contributed by atoms with van der Waals surface area (Å²) in [4.78, 5) is 19.9. The van der Waals surface area contributed by atoms with Gasteiger partial charge < -0.3 is 25.0 Å². The van der Waals surface area contributed by atoms with E-state index in [0.717, 1.165) is 52.0 Å². The Morgan fingerprint density at radius 1 is 0.951 bits per heavy atom. The highest BCUT2D eigenvalue weighted by Crippen LogP contribution is 2.38. The van der Waals surface area contributed by atoms with E-state index >= 15 is 0 Å². The van der Waals surface area contributed by atoms with Crippen molar-refractivity contribution < 1.29 is 14.3 Å². The molecule has 1 saturated heterocycles. The zero-order valence-electron chi connectivity index (χ0n) is 25.3. The first-order valence-electron chi connectivity index (χ1n) is 15.2. The number of anilines is 1. The van der Waals surface area contributed by atoms with Crippen LogP contribution in [0.25, 0.3) is 0 Å². The molecule has 2 N–H and O–H groups in total. The Labute approximate surface area is 245 Å². The third kappa shape index (κ3) is 6.78. The predicted octanol–water partition coefficient (Wildman–Crippen LogP) is 5.68. The summed E-state index contributed by atoms with van der Waals surface area (Å²) in [7, 11) is 7.20. The molecule has 0 radical (unpaired) electrons. The van der Waals surface area contributed by atoms with Gasteiger partial charge in [0.25, 0.3) is 0 Å². The van der Waals surface area contributed by atoms with Gasteiger partial charge in [0.1, 0.15) is 0 Å². The molecule has 0 spiro atoms. The van der Waals surface area contributed by atoms with Crippen LogP contribution in [0.2, 0.25) is 0 Å². The smallest absolute Gasteiger partial charge is 0.245 e. The van der Waals surface area contributed by atoms with Crippen molar-refractivity contribution in [2.24, 2.45) is 22.7 Å². The van der Waals surface area contributed by atoms with Crippen LogP contribution in [0, 0.1) is 17.8 Å². The Balaban J connectivity index is 1.35. The number of fused-ring (bicyclic) bond motifs is 1. The van der Waals surface area contributed by atoms with Gasteiger partial charge in [-0.3, -0.25) is 9.79 Å². The second-order valence-corrected chi connectivity index (χ2v) is 12.1. The number of rotatable bonds is 7. The number of benzene rings is 2. The van der Waals surface area contributed by atoms with Crippen molar-refractivity contribution in [3.8, 4) is 11.5 Å². The molecule has 1 saturated carbocycles. The number of hydrogen-bond acceptors (Lipinski definition) is 6. The highest BCUT2D eigenvalue weighted by atomic mass is 16.5. The van der Waals surface area contributed by atoms with Crippen LogP contribution in [0.1, 0.15) is 62.1 Å². The maximum absolute atomic E-state index is 12.3. The van der Waals surface area contributed by atoms with Crippen LogP contribution >= 0.6 is 0 Å². The van der Waals surface area contributed by atoms with Crippen molar-refractivity contribution in [3.05, 3.63) is 64.9 Å². The van der Waals surface area contributed by atoms with E-state index in [-0.39, 0.29) is 11.8 Å². The predicted molar refractivity (Wildman–Crippen MR) is 166 cm³/mol. The van der Waals surface area contributed by atoms with E-state index in [1.165, 1.54) is 51.6 Å². The number of nitrogens with one attached hydrogen (secondary N) is 2. The van der Waals surface area contributed by atoms with Crippen molar-refractivity contribution in [2.45, 2.75) is 57.9 Å². The summed E-state index contributed by atoms with van der Waals surface area (Å²) < 4.78 is 11.3. The van der Waals surface area contributed by atoms with E-state index in [1.807, 2.05) is 12.1 Å². The molecule has 1 aliphatic carbocycles. The van der Waals surface area contributed by atoms with Gasteiger partial charge in [0.05, 0.1) is 19.9 Å². The minimum atomic E-state index is -0.152. The topological polar surface area (TPSA) is 75.2 Å². The number of amides is 1. The second kappa shape index (κ2) is 13.1. The highest BCUT2D eigenvalue weighted by Gasteiger charge is 2.30. The molecule has 2 aliphatic heterocycles. The van der Waals surface area contributed by atoms with Crippen molar-refractivity contribution in [2.75, 3.05) is 46.7 Å². The number of methoxy groups -OCH3 is 2. The number of carbonyl (C=O) groups is 1. The van der Waals surface area contributed by atoms with Crippen LogP contribution in [-0.4, -0.2) is 64.0 Å². The van der Waals surface area contributed by atoms with Crippen LogP contribution in [0.4, 0.5) is 5.69 Å². The van der Waals surface area contributed by atoms with Gasteiger partial charge in [-0.15, -0.1) is 0 Å². The summed E-state index contributed by atoms with van der Waals surface area (Å²) in [5.41, 5.74) is 5.88. The number of likely N-dealkylation sites (N-methyl/N-ethyl adjacent to an activating group) is 1. The molecule has 5 rings (SSSR count). The van der Waals surface area contributed by atoms with E-state index in [1.54, 1.807) is 27.3 Å². The molecule has 0 bridgehead atoms. The van der Waals surface area contributed by atoms with Gasteiger partial charge in [-0.1, -0.05) is 19.1 Å². The molecule has 41 heavy (non-hydrogen) atoms. The number of nitrogens with zero attached hydrogens (tertiary/aromatic N) is 2. The van der Waals surface area contributed by atoms with E-state index in [0.29, 0.717) is 17.5 Å². The molecule has 1 atom stereocenters. The summed E-state index contributed by atoms with van der Waals surface area (Å²) in [6.07, 6.45) is 10.2. The Morgan fingerprint density at radius 2 is 1.59 bits per heavy atom. The van der Waals surface area contributed by atoms with Gasteiger partial charge in [0.2, 0.25) is 5.91 Å². The maximum atomic E-state index is 12.3. The van der Waals surface area contributed by atoms with E-state index in [2.05, 4.69) is 53.8 Å². The fraction of sp³-hybridized carbons (Fsp3) is 0.529. The lowest BCUT2D eigenvalue weighted by molar-refractivity contribution is -0.116. The van der Waals surface area contributed by atoms with Gasteiger partial charge in [-0.2, -0.15) is 0 Å². The Kier molecular flexibility index (Phi) is 9.33. The lowest BCUT2D eigenvalue weighted by Gasteiger charge is -2.38. The number of likely N-dealkylation sites (tertiary alicyclic amines) is 1. The molecular formula is C34H46N4O3. The van der Waals surface area contributed by atoms with Gasteiger partial charge in [-0.25, -0.2) is 0 Å². The number of allylic oxidation sites excluding steroid dienone is 1. The quantitative estimate of drug-likeness (QED) is 0.428.